The van der Waals surface area contributed by atoms with E-state index in [1.165, 1.54) is 16.1 Å². The zero-order valence-corrected chi connectivity index (χ0v) is 26.7. The Labute approximate surface area is 258 Å². The normalized spacial score (nSPS) is 20.2. The third-order valence-electron chi connectivity index (χ3n) is 8.25. The Morgan fingerprint density at radius 3 is 2.65 bits per heavy atom. The van der Waals surface area contributed by atoms with E-state index < -0.39 is 5.60 Å². The van der Waals surface area contributed by atoms with Gasteiger partial charge in [0, 0.05) is 61.7 Å². The maximum absolute atomic E-state index is 13.3. The van der Waals surface area contributed by atoms with Crippen LogP contribution in [0.5, 0.6) is 0 Å². The van der Waals surface area contributed by atoms with Crippen LogP contribution < -0.4 is 10.2 Å². The average molecular weight is 603 g/mol. The Balaban J connectivity index is 1.27. The van der Waals surface area contributed by atoms with E-state index in [4.69, 9.17) is 14.5 Å². The first-order valence-corrected chi connectivity index (χ1v) is 16.1. The second-order valence-electron chi connectivity index (χ2n) is 13.7. The molecular formula is C34H42N4O4S. The number of rotatable bonds is 5. The highest BCUT2D eigenvalue weighted by molar-refractivity contribution is 7.19. The van der Waals surface area contributed by atoms with Gasteiger partial charge in [-0.3, -0.25) is 9.78 Å². The van der Waals surface area contributed by atoms with Crippen molar-refractivity contribution in [3.05, 3.63) is 53.0 Å². The fraction of sp³-hybridized carbons (Fsp3) is 0.500. The van der Waals surface area contributed by atoms with Gasteiger partial charge in [0.05, 0.1) is 28.8 Å². The number of ether oxygens (including phenoxy) is 2. The smallest absolute Gasteiger partial charge is 0.410 e. The number of pyridine rings is 1. The molecule has 1 aliphatic carbocycles. The predicted molar refractivity (Wildman–Crippen MR) is 172 cm³/mol. The molecule has 2 fully saturated rings. The number of aromatic nitrogens is 1. The maximum atomic E-state index is 13.3. The first-order chi connectivity index (χ1) is 20.5. The molecule has 4 heterocycles. The number of anilines is 2. The van der Waals surface area contributed by atoms with E-state index in [2.05, 4.69) is 54.4 Å². The van der Waals surface area contributed by atoms with Gasteiger partial charge in [0.1, 0.15) is 5.60 Å². The van der Waals surface area contributed by atoms with E-state index >= 15 is 0 Å². The molecule has 1 amide bonds. The summed E-state index contributed by atoms with van der Waals surface area (Å²) in [5.74, 6) is 0.252. The first-order valence-electron chi connectivity index (χ1n) is 15.3. The van der Waals surface area contributed by atoms with E-state index in [9.17, 15) is 9.59 Å². The first kappa shape index (κ1) is 29.6. The van der Waals surface area contributed by atoms with Gasteiger partial charge < -0.3 is 24.6 Å². The average Bonchev–Trinajstić information content (AvgIpc) is 3.57. The molecule has 2 saturated heterocycles. The van der Waals surface area contributed by atoms with Gasteiger partial charge in [-0.1, -0.05) is 26.0 Å². The fourth-order valence-electron chi connectivity index (χ4n) is 6.31. The number of nitrogens with zero attached hydrogens (tertiary/aromatic N) is 3. The molecule has 8 nitrogen and oxygen atoms in total. The lowest BCUT2D eigenvalue weighted by Crippen LogP contribution is -2.36. The number of morpholine rings is 1. The molecule has 0 saturated carbocycles. The number of carbonyl (C=O) groups is 2. The summed E-state index contributed by atoms with van der Waals surface area (Å²) in [6, 6.07) is 12.7. The van der Waals surface area contributed by atoms with Gasteiger partial charge in [0.25, 0.3) is 0 Å². The summed E-state index contributed by atoms with van der Waals surface area (Å²) in [7, 11) is 0. The lowest BCUT2D eigenvalue weighted by atomic mass is 9.75. The van der Waals surface area contributed by atoms with Crippen molar-refractivity contribution in [1.29, 1.82) is 0 Å². The van der Waals surface area contributed by atoms with Crippen LogP contribution in [0.4, 0.5) is 15.5 Å². The molecule has 0 spiro atoms. The minimum Gasteiger partial charge on any atom is -0.444 e. The van der Waals surface area contributed by atoms with Gasteiger partial charge in [-0.2, -0.15) is 0 Å². The van der Waals surface area contributed by atoms with Crippen molar-refractivity contribution in [2.75, 3.05) is 49.6 Å². The molecule has 1 aromatic carbocycles. The monoisotopic (exact) mass is 602 g/mol. The van der Waals surface area contributed by atoms with E-state index in [1.807, 2.05) is 33.0 Å². The van der Waals surface area contributed by atoms with E-state index in [1.54, 1.807) is 16.2 Å². The Kier molecular flexibility index (Phi) is 7.98. The molecule has 2 aromatic heterocycles. The number of carbonyl (C=O) groups excluding carboxylic acids is 2. The summed E-state index contributed by atoms with van der Waals surface area (Å²) in [5, 5.41) is 4.79. The molecule has 0 unspecified atom stereocenters. The number of hydrogen-bond acceptors (Lipinski definition) is 8. The molecule has 3 aliphatic rings. The lowest BCUT2D eigenvalue weighted by molar-refractivity contribution is 0.0293. The second kappa shape index (κ2) is 11.6. The van der Waals surface area contributed by atoms with Crippen LogP contribution in [0, 0.1) is 5.41 Å². The van der Waals surface area contributed by atoms with E-state index in [0.29, 0.717) is 32.7 Å². The molecule has 1 atom stereocenters. The molecule has 6 rings (SSSR count). The van der Waals surface area contributed by atoms with Crippen LogP contribution in [0.25, 0.3) is 22.4 Å². The zero-order chi connectivity index (χ0) is 30.4. The number of ketones is 1. The Morgan fingerprint density at radius 2 is 1.88 bits per heavy atom. The van der Waals surface area contributed by atoms with Crippen LogP contribution in [0.1, 0.15) is 62.7 Å². The number of Topliss-reactive ketones (excluding diaryl/α,β-unsaturated/α-hetero) is 1. The van der Waals surface area contributed by atoms with Gasteiger partial charge in [-0.05, 0) is 74.4 Å². The van der Waals surface area contributed by atoms with Crippen LogP contribution >= 0.6 is 11.3 Å². The minimum absolute atomic E-state index is 0.0721. The van der Waals surface area contributed by atoms with Gasteiger partial charge in [-0.15, -0.1) is 11.3 Å². The molecular weight excluding hydrogens is 560 g/mol. The highest BCUT2D eigenvalue weighted by Crippen LogP contribution is 2.49. The SMILES string of the molecule is CC1(C)CC(=O)c2sc(N3CCOCC3)c(-c3ccnc(-c4cccc(N[C@H]5CCN(C(=O)OC(C)(C)C)C5)c4)c3)c2C1. The van der Waals surface area contributed by atoms with Gasteiger partial charge >= 0.3 is 6.09 Å². The molecule has 43 heavy (non-hydrogen) atoms. The highest BCUT2D eigenvalue weighted by Gasteiger charge is 2.37. The van der Waals surface area contributed by atoms with Gasteiger partial charge in [0.15, 0.2) is 5.78 Å². The van der Waals surface area contributed by atoms with Crippen LogP contribution in [0.3, 0.4) is 0 Å². The van der Waals surface area contributed by atoms with Crippen molar-refractivity contribution in [1.82, 2.24) is 9.88 Å². The van der Waals surface area contributed by atoms with Gasteiger partial charge in [-0.25, -0.2) is 4.79 Å². The van der Waals surface area contributed by atoms with Crippen LogP contribution in [-0.2, 0) is 15.9 Å². The third kappa shape index (κ3) is 6.58. The quantitative estimate of drug-likeness (QED) is 0.340. The standard InChI is InChI=1S/C34H42N4O4S/c1-33(2,3)42-32(40)38-12-10-25(21-38)36-24-8-6-7-22(17-24)27-18-23(9-11-35-27)29-26-19-34(4,5)20-28(39)30(26)43-31(29)37-13-15-41-16-14-37/h6-9,11,17-18,25,36H,10,12-16,19-21H2,1-5H3/t25-/m0/s1. The molecule has 3 aromatic rings. The maximum Gasteiger partial charge on any atom is 0.410 e. The highest BCUT2D eigenvalue weighted by atomic mass is 32.1. The number of hydrogen-bond donors (Lipinski definition) is 1. The number of amides is 1. The number of benzene rings is 1. The van der Waals surface area contributed by atoms with Crippen molar-refractivity contribution in [2.45, 2.75) is 65.5 Å². The lowest BCUT2D eigenvalue weighted by Gasteiger charge is -2.30. The summed E-state index contributed by atoms with van der Waals surface area (Å²) in [4.78, 5) is 35.7. The van der Waals surface area contributed by atoms with Gasteiger partial charge in [0.2, 0.25) is 0 Å². The minimum atomic E-state index is -0.504. The molecule has 228 valence electrons. The topological polar surface area (TPSA) is 84.0 Å². The summed E-state index contributed by atoms with van der Waals surface area (Å²) >= 11 is 1.65. The second-order valence-corrected chi connectivity index (χ2v) is 14.7. The summed E-state index contributed by atoms with van der Waals surface area (Å²) in [5.41, 5.74) is 5.77. The number of likely N-dealkylation sites (tertiary alicyclic amines) is 1. The van der Waals surface area contributed by atoms with Crippen molar-refractivity contribution >= 4 is 33.9 Å². The summed E-state index contributed by atoms with van der Waals surface area (Å²) in [6.07, 6.45) is 3.94. The number of thiophene rings is 1. The largest absolute Gasteiger partial charge is 0.444 e. The molecule has 0 radical (unpaired) electrons. The van der Waals surface area contributed by atoms with Crippen molar-refractivity contribution in [3.63, 3.8) is 0 Å². The zero-order valence-electron chi connectivity index (χ0n) is 25.9. The Morgan fingerprint density at radius 1 is 1.09 bits per heavy atom. The summed E-state index contributed by atoms with van der Waals surface area (Å²) < 4.78 is 11.2. The summed E-state index contributed by atoms with van der Waals surface area (Å²) in [6.45, 7) is 14.4. The predicted octanol–water partition coefficient (Wildman–Crippen LogP) is 6.89. The van der Waals surface area contributed by atoms with E-state index in [0.717, 1.165) is 53.3 Å². The van der Waals surface area contributed by atoms with Crippen LogP contribution in [-0.4, -0.2) is 72.8 Å². The van der Waals surface area contributed by atoms with Crippen LogP contribution in [0.15, 0.2) is 42.6 Å². The third-order valence-corrected chi connectivity index (χ3v) is 9.59. The number of fused-ring (bicyclic) bond motifs is 1. The molecule has 2 aliphatic heterocycles. The van der Waals surface area contributed by atoms with E-state index in [-0.39, 0.29) is 23.3 Å². The molecule has 9 heteroatoms. The Hall–Kier alpha value is -3.43. The van der Waals surface area contributed by atoms with Crippen molar-refractivity contribution in [2.24, 2.45) is 5.41 Å². The molecule has 1 N–H and O–H groups in total. The van der Waals surface area contributed by atoms with Crippen molar-refractivity contribution < 1.29 is 19.1 Å². The van der Waals surface area contributed by atoms with Crippen molar-refractivity contribution in [3.8, 4) is 22.4 Å². The fourth-order valence-corrected chi connectivity index (χ4v) is 7.64. The number of nitrogens with one attached hydrogen (secondary N) is 1. The molecule has 0 bridgehead atoms. The van der Waals surface area contributed by atoms with Crippen LogP contribution in [0.2, 0.25) is 0 Å². The Bertz CT molecular complexity index is 1520.